The van der Waals surface area contributed by atoms with Crippen LogP contribution in [0.25, 0.3) is 44.5 Å². The number of fused-ring (bicyclic) bond motifs is 1. The largest absolute Gasteiger partial charge is 0.456 e. The molecule has 0 bridgehead atoms. The van der Waals surface area contributed by atoms with Gasteiger partial charge in [-0.3, -0.25) is 0 Å². The van der Waals surface area contributed by atoms with Crippen molar-refractivity contribution in [1.29, 1.82) is 0 Å². The summed E-state index contributed by atoms with van der Waals surface area (Å²) in [6, 6.07) is 57.3. The van der Waals surface area contributed by atoms with E-state index in [-0.39, 0.29) is 0 Å². The molecule has 0 radical (unpaired) electrons. The molecule has 7 rings (SSSR count). The van der Waals surface area contributed by atoms with Crippen molar-refractivity contribution in [2.75, 3.05) is 4.90 Å². The fraction of sp³-hybridized carbons (Fsp3) is 0. The minimum atomic E-state index is 0.878. The summed E-state index contributed by atoms with van der Waals surface area (Å²) >= 11 is 0. The maximum atomic E-state index is 6.24. The summed E-state index contributed by atoms with van der Waals surface area (Å²) in [7, 11) is 0. The van der Waals surface area contributed by atoms with Crippen molar-refractivity contribution in [3.63, 3.8) is 0 Å². The van der Waals surface area contributed by atoms with Crippen LogP contribution >= 0.6 is 0 Å². The molecule has 0 unspecified atom stereocenters. The van der Waals surface area contributed by atoms with Crippen LogP contribution in [0.3, 0.4) is 0 Å². The van der Waals surface area contributed by atoms with E-state index in [4.69, 9.17) is 4.42 Å². The first kappa shape index (κ1) is 23.8. The van der Waals surface area contributed by atoms with Gasteiger partial charge in [-0.05, 0) is 59.2 Å². The minimum absolute atomic E-state index is 0.878. The number of benzene rings is 6. The highest BCUT2D eigenvalue weighted by Gasteiger charge is 2.17. The molecule has 0 aliphatic heterocycles. The van der Waals surface area contributed by atoms with Crippen LogP contribution in [0.5, 0.6) is 0 Å². The van der Waals surface area contributed by atoms with Crippen LogP contribution in [0.15, 0.2) is 168 Å². The third-order valence-electron chi connectivity index (χ3n) is 7.30. The second kappa shape index (κ2) is 10.4. The van der Waals surface area contributed by atoms with Crippen molar-refractivity contribution < 1.29 is 4.42 Å². The summed E-state index contributed by atoms with van der Waals surface area (Å²) < 4.78 is 6.24. The summed E-state index contributed by atoms with van der Waals surface area (Å²) in [5.41, 5.74) is 9.99. The van der Waals surface area contributed by atoms with Gasteiger partial charge in [-0.15, -0.1) is 0 Å². The Balaban J connectivity index is 1.32. The van der Waals surface area contributed by atoms with Crippen LogP contribution < -0.4 is 4.90 Å². The molecular formula is C38H27NO. The van der Waals surface area contributed by atoms with Gasteiger partial charge in [0.15, 0.2) is 0 Å². The van der Waals surface area contributed by atoms with Crippen molar-refractivity contribution in [1.82, 2.24) is 0 Å². The van der Waals surface area contributed by atoms with Crippen LogP contribution in [0.4, 0.5) is 17.1 Å². The van der Waals surface area contributed by atoms with E-state index in [1.165, 1.54) is 11.1 Å². The highest BCUT2D eigenvalue weighted by molar-refractivity contribution is 5.90. The van der Waals surface area contributed by atoms with Gasteiger partial charge in [-0.25, -0.2) is 0 Å². The molecule has 0 aliphatic carbocycles. The first-order valence-corrected chi connectivity index (χ1v) is 13.5. The van der Waals surface area contributed by atoms with E-state index in [0.717, 1.165) is 50.5 Å². The molecule has 0 N–H and O–H groups in total. The predicted molar refractivity (Wildman–Crippen MR) is 167 cm³/mol. The average molecular weight is 514 g/mol. The fourth-order valence-corrected chi connectivity index (χ4v) is 5.39. The van der Waals surface area contributed by atoms with Gasteiger partial charge in [-0.1, -0.05) is 121 Å². The molecule has 2 nitrogen and oxygen atoms in total. The van der Waals surface area contributed by atoms with Gasteiger partial charge < -0.3 is 9.32 Å². The molecule has 190 valence electrons. The first-order chi connectivity index (χ1) is 19.8. The molecule has 6 aromatic carbocycles. The molecule has 2 heteroatoms. The Morgan fingerprint density at radius 3 is 1.70 bits per heavy atom. The van der Waals surface area contributed by atoms with Crippen LogP contribution in [0.2, 0.25) is 0 Å². The van der Waals surface area contributed by atoms with Crippen molar-refractivity contribution in [2.45, 2.75) is 0 Å². The number of rotatable bonds is 6. The van der Waals surface area contributed by atoms with Gasteiger partial charge in [0.25, 0.3) is 0 Å². The number of hydrogen-bond donors (Lipinski definition) is 0. The number of hydrogen-bond acceptors (Lipinski definition) is 2. The topological polar surface area (TPSA) is 16.4 Å². The third kappa shape index (κ3) is 4.46. The standard InChI is InChI=1S/C38H27NO/c1-3-13-28(14-4-1)34-19-10-11-21-36(34)39(31-16-5-2-6-17-31)32-25-23-29(24-26-32)33-18-8-9-20-35(33)38-27-30-15-7-12-22-37(30)40-38/h1-27H. The quantitative estimate of drug-likeness (QED) is 0.220. The van der Waals surface area contributed by atoms with Crippen LogP contribution in [0, 0.1) is 0 Å². The second-order valence-electron chi connectivity index (χ2n) is 9.80. The van der Waals surface area contributed by atoms with Crippen LogP contribution in [-0.2, 0) is 0 Å². The zero-order chi connectivity index (χ0) is 26.7. The Hall–Kier alpha value is -5.34. The van der Waals surface area contributed by atoms with E-state index in [1.807, 2.05) is 18.2 Å². The van der Waals surface area contributed by atoms with Crippen molar-refractivity contribution >= 4 is 28.0 Å². The van der Waals surface area contributed by atoms with Gasteiger partial charge in [0.05, 0.1) is 5.69 Å². The van der Waals surface area contributed by atoms with E-state index in [9.17, 15) is 0 Å². The molecule has 0 amide bonds. The number of para-hydroxylation sites is 3. The lowest BCUT2D eigenvalue weighted by atomic mass is 9.97. The lowest BCUT2D eigenvalue weighted by Gasteiger charge is -2.28. The number of furan rings is 1. The van der Waals surface area contributed by atoms with Crippen molar-refractivity contribution in [2.24, 2.45) is 0 Å². The summed E-state index contributed by atoms with van der Waals surface area (Å²) in [6.45, 7) is 0. The molecule has 0 saturated heterocycles. The Morgan fingerprint density at radius 2 is 0.950 bits per heavy atom. The Morgan fingerprint density at radius 1 is 0.400 bits per heavy atom. The Labute approximate surface area is 234 Å². The molecule has 0 saturated carbocycles. The fourth-order valence-electron chi connectivity index (χ4n) is 5.39. The van der Waals surface area contributed by atoms with Crippen molar-refractivity contribution in [3.05, 3.63) is 164 Å². The molecule has 0 fully saturated rings. The number of nitrogens with zero attached hydrogens (tertiary/aromatic N) is 1. The van der Waals surface area contributed by atoms with Gasteiger partial charge in [-0.2, -0.15) is 0 Å². The van der Waals surface area contributed by atoms with Crippen molar-refractivity contribution in [3.8, 4) is 33.6 Å². The van der Waals surface area contributed by atoms with Crippen LogP contribution in [-0.4, -0.2) is 0 Å². The highest BCUT2D eigenvalue weighted by Crippen LogP contribution is 2.42. The number of anilines is 3. The summed E-state index contributed by atoms with van der Waals surface area (Å²) in [4.78, 5) is 2.33. The van der Waals surface area contributed by atoms with E-state index >= 15 is 0 Å². The normalized spacial score (nSPS) is 11.0. The van der Waals surface area contributed by atoms with E-state index < -0.39 is 0 Å². The van der Waals surface area contributed by atoms with Gasteiger partial charge >= 0.3 is 0 Å². The summed E-state index contributed by atoms with van der Waals surface area (Å²) in [6.07, 6.45) is 0. The lowest BCUT2D eigenvalue weighted by molar-refractivity contribution is 0.632. The maximum Gasteiger partial charge on any atom is 0.136 e. The van der Waals surface area contributed by atoms with Crippen LogP contribution in [0.1, 0.15) is 0 Å². The molecule has 0 atom stereocenters. The predicted octanol–water partition coefficient (Wildman–Crippen LogP) is 10.9. The first-order valence-electron chi connectivity index (χ1n) is 13.5. The monoisotopic (exact) mass is 513 g/mol. The van der Waals surface area contributed by atoms with E-state index in [1.54, 1.807) is 0 Å². The molecule has 40 heavy (non-hydrogen) atoms. The molecule has 0 aliphatic rings. The zero-order valence-electron chi connectivity index (χ0n) is 21.9. The maximum absolute atomic E-state index is 6.24. The van der Waals surface area contributed by atoms with Gasteiger partial charge in [0.2, 0.25) is 0 Å². The zero-order valence-corrected chi connectivity index (χ0v) is 21.9. The Kier molecular flexibility index (Phi) is 6.20. The highest BCUT2D eigenvalue weighted by atomic mass is 16.3. The van der Waals surface area contributed by atoms with E-state index in [0.29, 0.717) is 0 Å². The average Bonchev–Trinajstić information content (AvgIpc) is 3.47. The molecule has 1 aromatic heterocycles. The molecule has 0 spiro atoms. The minimum Gasteiger partial charge on any atom is -0.456 e. The smallest absolute Gasteiger partial charge is 0.136 e. The molecule has 1 heterocycles. The molecular weight excluding hydrogens is 486 g/mol. The second-order valence-corrected chi connectivity index (χ2v) is 9.80. The summed E-state index contributed by atoms with van der Waals surface area (Å²) in [5.74, 6) is 0.878. The van der Waals surface area contributed by atoms with Gasteiger partial charge in [0, 0.05) is 27.9 Å². The SMILES string of the molecule is c1ccc(-c2ccccc2N(c2ccccc2)c2ccc(-c3ccccc3-c3cc4ccccc4o3)cc2)cc1. The van der Waals surface area contributed by atoms with E-state index in [2.05, 4.69) is 150 Å². The summed E-state index contributed by atoms with van der Waals surface area (Å²) in [5, 5.41) is 1.11. The molecule has 7 aromatic rings. The third-order valence-corrected chi connectivity index (χ3v) is 7.30. The van der Waals surface area contributed by atoms with Gasteiger partial charge in [0.1, 0.15) is 11.3 Å². The lowest BCUT2D eigenvalue weighted by Crippen LogP contribution is -2.11. The Bertz CT molecular complexity index is 1850.